The first kappa shape index (κ1) is 11.0. The van der Waals surface area contributed by atoms with E-state index in [1.807, 2.05) is 0 Å². The molecule has 1 aliphatic rings. The van der Waals surface area contributed by atoms with E-state index >= 15 is 0 Å². The van der Waals surface area contributed by atoms with Crippen LogP contribution >= 0.6 is 11.3 Å². The van der Waals surface area contributed by atoms with Crippen LogP contribution in [0.4, 0.5) is 0 Å². The van der Waals surface area contributed by atoms with E-state index in [1.54, 1.807) is 18.4 Å². The summed E-state index contributed by atoms with van der Waals surface area (Å²) in [6.07, 6.45) is 4.79. The van der Waals surface area contributed by atoms with E-state index in [-0.39, 0.29) is 0 Å². The van der Waals surface area contributed by atoms with Gasteiger partial charge in [0.25, 0.3) is 0 Å². The van der Waals surface area contributed by atoms with Crippen molar-refractivity contribution in [2.45, 2.75) is 31.7 Å². The van der Waals surface area contributed by atoms with Crippen molar-refractivity contribution in [1.82, 2.24) is 10.3 Å². The molecule has 1 atom stereocenters. The summed E-state index contributed by atoms with van der Waals surface area (Å²) in [6, 6.07) is 0.492. The monoisotopic (exact) mass is 226 g/mol. The zero-order valence-corrected chi connectivity index (χ0v) is 9.98. The van der Waals surface area contributed by atoms with E-state index in [0.29, 0.717) is 6.04 Å². The van der Waals surface area contributed by atoms with Gasteiger partial charge in [0, 0.05) is 18.9 Å². The lowest BCUT2D eigenvalue weighted by molar-refractivity contribution is 0.202. The number of nitrogens with one attached hydrogen (secondary N) is 1. The molecule has 0 aromatic carbocycles. The van der Waals surface area contributed by atoms with Crippen molar-refractivity contribution in [2.24, 2.45) is 0 Å². The summed E-state index contributed by atoms with van der Waals surface area (Å²) >= 11 is 1.75. The van der Waals surface area contributed by atoms with E-state index in [1.165, 1.54) is 30.0 Å². The average molecular weight is 226 g/mol. The van der Waals surface area contributed by atoms with E-state index in [0.717, 1.165) is 19.6 Å². The lowest BCUT2D eigenvalue weighted by Gasteiger charge is -2.21. The van der Waals surface area contributed by atoms with Gasteiger partial charge in [0.05, 0.1) is 23.4 Å². The van der Waals surface area contributed by atoms with Crippen LogP contribution in [0.15, 0.2) is 5.38 Å². The number of aromatic nitrogens is 1. The van der Waals surface area contributed by atoms with Gasteiger partial charge in [0.15, 0.2) is 0 Å². The van der Waals surface area contributed by atoms with Gasteiger partial charge in [-0.1, -0.05) is 6.42 Å². The standard InChI is InChI=1S/C11H18N2OS/c1-14-7-5-11-13-10(8-15-11)9-4-2-3-6-12-9/h8-9,12H,2-7H2,1H3. The third-order valence-electron chi connectivity index (χ3n) is 2.76. The predicted molar refractivity (Wildman–Crippen MR) is 62.3 cm³/mol. The van der Waals surface area contributed by atoms with Crippen molar-refractivity contribution in [2.75, 3.05) is 20.3 Å². The highest BCUT2D eigenvalue weighted by atomic mass is 32.1. The van der Waals surface area contributed by atoms with Crippen LogP contribution in [0, 0.1) is 0 Å². The van der Waals surface area contributed by atoms with Crippen LogP contribution in [0.5, 0.6) is 0 Å². The SMILES string of the molecule is COCCc1nc(C2CCCCN2)cs1. The van der Waals surface area contributed by atoms with Crippen LogP contribution in [0.1, 0.15) is 36.0 Å². The number of thiazole rings is 1. The van der Waals surface area contributed by atoms with Crippen LogP contribution in [0.2, 0.25) is 0 Å². The Morgan fingerprint density at radius 1 is 1.60 bits per heavy atom. The zero-order valence-electron chi connectivity index (χ0n) is 9.16. The van der Waals surface area contributed by atoms with Gasteiger partial charge in [0.1, 0.15) is 0 Å². The number of hydrogen-bond donors (Lipinski definition) is 1. The summed E-state index contributed by atoms with van der Waals surface area (Å²) in [5.41, 5.74) is 1.23. The van der Waals surface area contributed by atoms with Gasteiger partial charge in [-0.25, -0.2) is 4.98 Å². The number of rotatable bonds is 4. The summed E-state index contributed by atoms with van der Waals surface area (Å²) in [7, 11) is 1.73. The van der Waals surface area contributed by atoms with E-state index in [4.69, 9.17) is 4.74 Å². The fraction of sp³-hybridized carbons (Fsp3) is 0.727. The molecule has 1 N–H and O–H groups in total. The molecule has 4 heteroatoms. The van der Waals surface area contributed by atoms with E-state index in [9.17, 15) is 0 Å². The molecule has 15 heavy (non-hydrogen) atoms. The van der Waals surface area contributed by atoms with Crippen molar-refractivity contribution in [3.63, 3.8) is 0 Å². The number of piperidine rings is 1. The number of hydrogen-bond acceptors (Lipinski definition) is 4. The second kappa shape index (κ2) is 5.58. The molecule has 0 radical (unpaired) electrons. The first-order valence-electron chi connectivity index (χ1n) is 5.57. The number of nitrogens with zero attached hydrogens (tertiary/aromatic N) is 1. The summed E-state index contributed by atoms with van der Waals surface area (Å²) in [6.45, 7) is 1.90. The molecule has 3 nitrogen and oxygen atoms in total. The third-order valence-corrected chi connectivity index (χ3v) is 3.68. The molecule has 1 saturated heterocycles. The van der Waals surface area contributed by atoms with Crippen LogP contribution in [0.25, 0.3) is 0 Å². The van der Waals surface area contributed by atoms with Crippen molar-refractivity contribution >= 4 is 11.3 Å². The molecule has 0 spiro atoms. The highest BCUT2D eigenvalue weighted by Gasteiger charge is 2.17. The Kier molecular flexibility index (Phi) is 4.11. The molecule has 1 aromatic heterocycles. The van der Waals surface area contributed by atoms with Gasteiger partial charge in [-0.05, 0) is 19.4 Å². The highest BCUT2D eigenvalue weighted by molar-refractivity contribution is 7.09. The average Bonchev–Trinajstić information content (AvgIpc) is 2.76. The van der Waals surface area contributed by atoms with Gasteiger partial charge in [-0.3, -0.25) is 0 Å². The van der Waals surface area contributed by atoms with Crippen molar-refractivity contribution in [1.29, 1.82) is 0 Å². The van der Waals surface area contributed by atoms with Crippen LogP contribution in [-0.4, -0.2) is 25.2 Å². The summed E-state index contributed by atoms with van der Waals surface area (Å²) < 4.78 is 5.05. The van der Waals surface area contributed by atoms with Crippen molar-refractivity contribution in [3.8, 4) is 0 Å². The molecule has 0 amide bonds. The van der Waals surface area contributed by atoms with Gasteiger partial charge in [-0.15, -0.1) is 11.3 Å². The second-order valence-corrected chi connectivity index (χ2v) is 4.85. The lowest BCUT2D eigenvalue weighted by Crippen LogP contribution is -2.26. The molecule has 2 rings (SSSR count). The Morgan fingerprint density at radius 2 is 2.53 bits per heavy atom. The van der Waals surface area contributed by atoms with Crippen molar-refractivity contribution in [3.05, 3.63) is 16.1 Å². The molecule has 2 heterocycles. The fourth-order valence-corrected chi connectivity index (χ4v) is 2.73. The third kappa shape index (κ3) is 3.00. The van der Waals surface area contributed by atoms with E-state index < -0.39 is 0 Å². The molecular formula is C11H18N2OS. The van der Waals surface area contributed by atoms with E-state index in [2.05, 4.69) is 15.7 Å². The molecule has 0 saturated carbocycles. The quantitative estimate of drug-likeness (QED) is 0.854. The topological polar surface area (TPSA) is 34.1 Å². The molecule has 0 bridgehead atoms. The van der Waals surface area contributed by atoms with Gasteiger partial charge < -0.3 is 10.1 Å². The Labute approximate surface area is 94.9 Å². The Hall–Kier alpha value is -0.450. The summed E-state index contributed by atoms with van der Waals surface area (Å²) in [5, 5.41) is 6.90. The van der Waals surface area contributed by atoms with Crippen LogP contribution in [-0.2, 0) is 11.2 Å². The lowest BCUT2D eigenvalue weighted by atomic mass is 10.0. The summed E-state index contributed by atoms with van der Waals surface area (Å²) in [4.78, 5) is 4.65. The molecule has 0 aliphatic carbocycles. The molecular weight excluding hydrogens is 208 g/mol. The fourth-order valence-electron chi connectivity index (χ4n) is 1.89. The minimum atomic E-state index is 0.492. The first-order chi connectivity index (χ1) is 7.40. The predicted octanol–water partition coefficient (Wildman–Crippen LogP) is 2.15. The largest absolute Gasteiger partial charge is 0.384 e. The minimum Gasteiger partial charge on any atom is -0.384 e. The molecule has 1 fully saturated rings. The van der Waals surface area contributed by atoms with Gasteiger partial charge >= 0.3 is 0 Å². The maximum Gasteiger partial charge on any atom is 0.0951 e. The number of methoxy groups -OCH3 is 1. The normalized spacial score (nSPS) is 21.8. The maximum absolute atomic E-state index is 5.05. The van der Waals surface area contributed by atoms with Crippen molar-refractivity contribution < 1.29 is 4.74 Å². The zero-order chi connectivity index (χ0) is 10.5. The summed E-state index contributed by atoms with van der Waals surface area (Å²) in [5.74, 6) is 0. The van der Waals surface area contributed by atoms with Gasteiger partial charge in [0.2, 0.25) is 0 Å². The van der Waals surface area contributed by atoms with Gasteiger partial charge in [-0.2, -0.15) is 0 Å². The number of ether oxygens (including phenoxy) is 1. The molecule has 84 valence electrons. The van der Waals surface area contributed by atoms with Crippen LogP contribution < -0.4 is 5.32 Å². The second-order valence-electron chi connectivity index (χ2n) is 3.91. The Morgan fingerprint density at radius 3 is 3.27 bits per heavy atom. The molecule has 1 aromatic rings. The smallest absolute Gasteiger partial charge is 0.0951 e. The molecule has 1 aliphatic heterocycles. The highest BCUT2D eigenvalue weighted by Crippen LogP contribution is 2.24. The molecule has 1 unspecified atom stereocenters. The maximum atomic E-state index is 5.05. The van der Waals surface area contributed by atoms with Crippen LogP contribution in [0.3, 0.4) is 0 Å². The minimum absolute atomic E-state index is 0.492. The Bertz CT molecular complexity index is 295. The Balaban J connectivity index is 1.93. The first-order valence-corrected chi connectivity index (χ1v) is 6.44.